The predicted molar refractivity (Wildman–Crippen MR) is 64.2 cm³/mol. The number of fused-ring (bicyclic) bond motifs is 1. The Morgan fingerprint density at radius 1 is 1.38 bits per heavy atom. The Morgan fingerprint density at radius 3 is 3.12 bits per heavy atom. The van der Waals surface area contributed by atoms with E-state index in [2.05, 4.69) is 11.1 Å². The van der Waals surface area contributed by atoms with E-state index in [0.717, 1.165) is 16.5 Å². The third-order valence-corrected chi connectivity index (χ3v) is 3.55. The van der Waals surface area contributed by atoms with Crippen LogP contribution in [-0.2, 0) is 9.53 Å². The smallest absolute Gasteiger partial charge is 0.194 e. The average Bonchev–Trinajstić information content (AvgIpc) is 2.72. The Balaban J connectivity index is 2.02. The van der Waals surface area contributed by atoms with Gasteiger partial charge in [-0.25, -0.2) is 0 Å². The Bertz CT molecular complexity index is 535. The highest BCUT2D eigenvalue weighted by molar-refractivity contribution is 8.13. The van der Waals surface area contributed by atoms with Crippen molar-refractivity contribution in [2.24, 2.45) is 0 Å². The summed E-state index contributed by atoms with van der Waals surface area (Å²) in [5.74, 6) is 0.461. The molecule has 3 nitrogen and oxygen atoms in total. The molecule has 1 aliphatic heterocycles. The molecule has 1 aromatic heterocycles. The van der Waals surface area contributed by atoms with Gasteiger partial charge >= 0.3 is 0 Å². The second kappa shape index (κ2) is 3.96. The van der Waals surface area contributed by atoms with Crippen molar-refractivity contribution in [3.8, 4) is 0 Å². The molecule has 1 unspecified atom stereocenters. The summed E-state index contributed by atoms with van der Waals surface area (Å²) in [5, 5.41) is 1.36. The van der Waals surface area contributed by atoms with Gasteiger partial charge < -0.3 is 9.72 Å². The molecule has 1 N–H and O–H groups in total. The van der Waals surface area contributed by atoms with Crippen LogP contribution in [0.2, 0.25) is 0 Å². The molecule has 1 aromatic carbocycles. The molecule has 0 radical (unpaired) electrons. The van der Waals surface area contributed by atoms with Crippen LogP contribution in [0.4, 0.5) is 0 Å². The fourth-order valence-electron chi connectivity index (χ4n) is 2.01. The van der Waals surface area contributed by atoms with Crippen LogP contribution in [0.5, 0.6) is 0 Å². The van der Waals surface area contributed by atoms with E-state index < -0.39 is 0 Å². The highest BCUT2D eigenvalue weighted by atomic mass is 32.2. The molecular formula is C12H11NO2S. The van der Waals surface area contributed by atoms with Crippen molar-refractivity contribution in [2.75, 3.05) is 5.94 Å². The minimum absolute atomic E-state index is 0.0927. The predicted octanol–water partition coefficient (Wildman–Crippen LogP) is 2.85. The first kappa shape index (κ1) is 9.93. The van der Waals surface area contributed by atoms with Gasteiger partial charge in [0.1, 0.15) is 5.94 Å². The summed E-state index contributed by atoms with van der Waals surface area (Å²) >= 11 is 1.25. The van der Waals surface area contributed by atoms with Crippen LogP contribution in [-0.4, -0.2) is 16.0 Å². The van der Waals surface area contributed by atoms with Gasteiger partial charge in [0.2, 0.25) is 0 Å². The molecule has 82 valence electrons. The van der Waals surface area contributed by atoms with Crippen LogP contribution in [0.3, 0.4) is 0 Å². The van der Waals surface area contributed by atoms with Gasteiger partial charge in [-0.3, -0.25) is 4.79 Å². The van der Waals surface area contributed by atoms with Crippen LogP contribution in [0.1, 0.15) is 18.1 Å². The maximum Gasteiger partial charge on any atom is 0.194 e. The summed E-state index contributed by atoms with van der Waals surface area (Å²) in [6.45, 7) is 0. The number of hydrogen-bond donors (Lipinski definition) is 1. The summed E-state index contributed by atoms with van der Waals surface area (Å²) in [6.07, 6.45) is 2.32. The zero-order valence-corrected chi connectivity index (χ0v) is 9.42. The van der Waals surface area contributed by atoms with Crippen molar-refractivity contribution in [1.82, 2.24) is 4.98 Å². The number of rotatable bonds is 1. The molecule has 1 aliphatic rings. The zero-order valence-electron chi connectivity index (χ0n) is 8.60. The second-order valence-electron chi connectivity index (χ2n) is 3.78. The maximum absolute atomic E-state index is 11.4. The van der Waals surface area contributed by atoms with Gasteiger partial charge in [-0.05, 0) is 6.07 Å². The monoisotopic (exact) mass is 233 g/mol. The largest absolute Gasteiger partial charge is 0.362 e. The van der Waals surface area contributed by atoms with Crippen molar-refractivity contribution >= 4 is 27.8 Å². The number of H-pyrrole nitrogens is 1. The number of carbonyl (C=O) groups is 1. The molecule has 0 spiro atoms. The van der Waals surface area contributed by atoms with Crippen LogP contribution in [0.25, 0.3) is 10.9 Å². The molecule has 0 aliphatic carbocycles. The van der Waals surface area contributed by atoms with E-state index in [1.807, 2.05) is 24.4 Å². The lowest BCUT2D eigenvalue weighted by molar-refractivity contribution is -0.114. The van der Waals surface area contributed by atoms with Gasteiger partial charge in [0, 0.05) is 29.1 Å². The third-order valence-electron chi connectivity index (χ3n) is 2.81. The quantitative estimate of drug-likeness (QED) is 0.823. The molecule has 1 atom stereocenters. The van der Waals surface area contributed by atoms with Gasteiger partial charge in [0.25, 0.3) is 0 Å². The van der Waals surface area contributed by atoms with Gasteiger partial charge in [0.15, 0.2) is 5.12 Å². The molecule has 2 aromatic rings. The van der Waals surface area contributed by atoms with E-state index in [4.69, 9.17) is 4.74 Å². The first-order valence-electron chi connectivity index (χ1n) is 5.18. The van der Waals surface area contributed by atoms with Crippen molar-refractivity contribution in [3.63, 3.8) is 0 Å². The molecule has 2 heterocycles. The highest BCUT2D eigenvalue weighted by Crippen LogP contribution is 2.34. The SMILES string of the molecule is O=C1CC(c2c[nH]c3ccccc23)OCS1. The van der Waals surface area contributed by atoms with Gasteiger partial charge in [0.05, 0.1) is 6.10 Å². The summed E-state index contributed by atoms with van der Waals surface area (Å²) in [7, 11) is 0. The lowest BCUT2D eigenvalue weighted by Gasteiger charge is -2.20. The number of benzene rings is 1. The normalized spacial score (nSPS) is 21.5. The number of nitrogens with one attached hydrogen (secondary N) is 1. The number of carbonyl (C=O) groups excluding carboxylic acids is 1. The molecule has 3 rings (SSSR count). The Hall–Kier alpha value is -1.26. The minimum atomic E-state index is -0.0927. The summed E-state index contributed by atoms with van der Waals surface area (Å²) < 4.78 is 5.62. The van der Waals surface area contributed by atoms with Crippen molar-refractivity contribution < 1.29 is 9.53 Å². The number of hydrogen-bond acceptors (Lipinski definition) is 3. The molecule has 16 heavy (non-hydrogen) atoms. The number of para-hydroxylation sites is 1. The van der Waals surface area contributed by atoms with E-state index in [0.29, 0.717) is 12.4 Å². The topological polar surface area (TPSA) is 42.1 Å². The molecule has 0 bridgehead atoms. The standard InChI is InChI=1S/C12H11NO2S/c14-12-5-11(15-7-16-12)9-6-13-10-4-2-1-3-8(9)10/h1-4,6,11,13H,5,7H2. The van der Waals surface area contributed by atoms with Crippen molar-refractivity contribution in [1.29, 1.82) is 0 Å². The Labute approximate surface area is 97.2 Å². The Morgan fingerprint density at radius 2 is 2.25 bits per heavy atom. The molecule has 4 heteroatoms. The second-order valence-corrected chi connectivity index (χ2v) is 4.76. The van der Waals surface area contributed by atoms with Gasteiger partial charge in [-0.15, -0.1) is 0 Å². The number of aromatic nitrogens is 1. The fourth-order valence-corrected chi connectivity index (χ4v) is 2.64. The maximum atomic E-state index is 11.4. The fraction of sp³-hybridized carbons (Fsp3) is 0.250. The number of aromatic amines is 1. The van der Waals surface area contributed by atoms with Gasteiger partial charge in [-0.2, -0.15) is 0 Å². The summed E-state index contributed by atoms with van der Waals surface area (Å²) in [4.78, 5) is 14.6. The average molecular weight is 233 g/mol. The first-order chi connectivity index (χ1) is 7.84. The van der Waals surface area contributed by atoms with Crippen LogP contribution in [0.15, 0.2) is 30.5 Å². The zero-order chi connectivity index (χ0) is 11.0. The van der Waals surface area contributed by atoms with E-state index in [1.54, 1.807) is 0 Å². The van der Waals surface area contributed by atoms with Crippen LogP contribution < -0.4 is 0 Å². The third kappa shape index (κ3) is 1.64. The molecule has 1 saturated heterocycles. The molecular weight excluding hydrogens is 222 g/mol. The summed E-state index contributed by atoms with van der Waals surface area (Å²) in [5.41, 5.74) is 2.18. The van der Waals surface area contributed by atoms with E-state index in [-0.39, 0.29) is 11.2 Å². The lowest BCUT2D eigenvalue weighted by atomic mass is 10.1. The van der Waals surface area contributed by atoms with E-state index in [1.165, 1.54) is 11.8 Å². The van der Waals surface area contributed by atoms with Crippen LogP contribution >= 0.6 is 11.8 Å². The van der Waals surface area contributed by atoms with Gasteiger partial charge in [-0.1, -0.05) is 30.0 Å². The van der Waals surface area contributed by atoms with Crippen LogP contribution in [0, 0.1) is 0 Å². The summed E-state index contributed by atoms with van der Waals surface area (Å²) in [6, 6.07) is 8.07. The lowest BCUT2D eigenvalue weighted by Crippen LogP contribution is -2.14. The molecule has 0 saturated carbocycles. The van der Waals surface area contributed by atoms with E-state index >= 15 is 0 Å². The number of ether oxygens (including phenoxy) is 1. The molecule has 0 amide bonds. The van der Waals surface area contributed by atoms with Crippen molar-refractivity contribution in [3.05, 3.63) is 36.0 Å². The minimum Gasteiger partial charge on any atom is -0.362 e. The Kier molecular flexibility index (Phi) is 2.46. The highest BCUT2D eigenvalue weighted by Gasteiger charge is 2.24. The van der Waals surface area contributed by atoms with E-state index in [9.17, 15) is 4.79 Å². The molecule has 1 fully saturated rings. The first-order valence-corrected chi connectivity index (χ1v) is 6.16. The number of thioether (sulfide) groups is 1. The van der Waals surface area contributed by atoms with Crippen molar-refractivity contribution in [2.45, 2.75) is 12.5 Å².